The fraction of sp³-hybridized carbons (Fsp3) is 0.273. The monoisotopic (exact) mass is 196 g/mol. The molecule has 0 saturated heterocycles. The molecular weight excluding hydrogens is 183 g/mol. The van der Waals surface area contributed by atoms with Gasteiger partial charge in [-0.05, 0) is 24.6 Å². The van der Waals surface area contributed by atoms with Crippen molar-refractivity contribution in [2.75, 3.05) is 7.11 Å². The molecule has 0 aliphatic rings. The van der Waals surface area contributed by atoms with Crippen molar-refractivity contribution in [3.8, 4) is 5.75 Å². The van der Waals surface area contributed by atoms with Crippen LogP contribution < -0.4 is 4.74 Å². The van der Waals surface area contributed by atoms with E-state index in [0.717, 1.165) is 0 Å². The highest BCUT2D eigenvalue weighted by Gasteiger charge is 2.12. The summed E-state index contributed by atoms with van der Waals surface area (Å²) in [6, 6.07) is 4.06. The normalized spacial score (nSPS) is 12.2. The lowest BCUT2D eigenvalue weighted by Gasteiger charge is -2.12. The number of hydrogen-bond donors (Lipinski definition) is 1. The van der Waals surface area contributed by atoms with Gasteiger partial charge in [-0.25, -0.2) is 4.39 Å². The summed E-state index contributed by atoms with van der Waals surface area (Å²) in [4.78, 5) is 0. The number of halogens is 1. The third-order valence-corrected chi connectivity index (χ3v) is 1.94. The first-order chi connectivity index (χ1) is 6.69. The van der Waals surface area contributed by atoms with Crippen molar-refractivity contribution in [1.29, 1.82) is 0 Å². The van der Waals surface area contributed by atoms with Crippen LogP contribution in [0.25, 0.3) is 0 Å². The molecular formula is C11H13FO2. The average molecular weight is 196 g/mol. The van der Waals surface area contributed by atoms with E-state index in [9.17, 15) is 9.50 Å². The number of methoxy groups -OCH3 is 1. The van der Waals surface area contributed by atoms with E-state index in [1.54, 1.807) is 6.08 Å². The fourth-order valence-corrected chi connectivity index (χ4v) is 1.25. The summed E-state index contributed by atoms with van der Waals surface area (Å²) >= 11 is 0. The van der Waals surface area contributed by atoms with E-state index in [2.05, 4.69) is 6.58 Å². The quantitative estimate of drug-likeness (QED) is 0.749. The Kier molecular flexibility index (Phi) is 3.65. The van der Waals surface area contributed by atoms with Crippen molar-refractivity contribution in [3.05, 3.63) is 42.2 Å². The maximum atomic E-state index is 12.9. The molecule has 0 amide bonds. The molecule has 0 radical (unpaired) electrons. The first kappa shape index (κ1) is 10.7. The zero-order chi connectivity index (χ0) is 10.6. The molecule has 0 heterocycles. The predicted octanol–water partition coefficient (Wildman–Crippen LogP) is 2.44. The van der Waals surface area contributed by atoms with Crippen molar-refractivity contribution in [2.24, 2.45) is 0 Å². The van der Waals surface area contributed by atoms with Crippen LogP contribution >= 0.6 is 0 Å². The zero-order valence-electron chi connectivity index (χ0n) is 8.03. The molecule has 0 saturated carbocycles. The predicted molar refractivity (Wildman–Crippen MR) is 52.7 cm³/mol. The number of hydrogen-bond acceptors (Lipinski definition) is 2. The summed E-state index contributed by atoms with van der Waals surface area (Å²) in [6.45, 7) is 3.51. The molecule has 0 spiro atoms. The third-order valence-electron chi connectivity index (χ3n) is 1.94. The molecule has 0 aliphatic heterocycles. The summed E-state index contributed by atoms with van der Waals surface area (Å²) in [7, 11) is 1.48. The minimum atomic E-state index is -0.766. The van der Waals surface area contributed by atoms with Crippen molar-refractivity contribution in [2.45, 2.75) is 12.5 Å². The van der Waals surface area contributed by atoms with Crippen LogP contribution in [0.15, 0.2) is 30.9 Å². The smallest absolute Gasteiger partial charge is 0.124 e. The molecule has 14 heavy (non-hydrogen) atoms. The Morgan fingerprint density at radius 3 is 2.93 bits per heavy atom. The van der Waals surface area contributed by atoms with Gasteiger partial charge in [0.1, 0.15) is 11.6 Å². The van der Waals surface area contributed by atoms with Crippen molar-refractivity contribution in [1.82, 2.24) is 0 Å². The first-order valence-corrected chi connectivity index (χ1v) is 4.31. The molecule has 1 N–H and O–H groups in total. The molecule has 1 rings (SSSR count). The van der Waals surface area contributed by atoms with Crippen LogP contribution in [-0.4, -0.2) is 12.2 Å². The lowest BCUT2D eigenvalue weighted by atomic mass is 10.1. The van der Waals surface area contributed by atoms with Crippen molar-refractivity contribution < 1.29 is 14.2 Å². The van der Waals surface area contributed by atoms with Crippen LogP contribution in [0, 0.1) is 5.82 Å². The Balaban J connectivity index is 3.02. The highest BCUT2D eigenvalue weighted by atomic mass is 19.1. The van der Waals surface area contributed by atoms with Gasteiger partial charge in [0.15, 0.2) is 0 Å². The van der Waals surface area contributed by atoms with E-state index >= 15 is 0 Å². The summed E-state index contributed by atoms with van der Waals surface area (Å²) in [5.74, 6) is 0.102. The van der Waals surface area contributed by atoms with Crippen LogP contribution in [0.2, 0.25) is 0 Å². The fourth-order valence-electron chi connectivity index (χ4n) is 1.25. The molecule has 0 aliphatic carbocycles. The lowest BCUT2D eigenvalue weighted by molar-refractivity contribution is 0.176. The van der Waals surface area contributed by atoms with E-state index in [4.69, 9.17) is 4.74 Å². The first-order valence-electron chi connectivity index (χ1n) is 4.31. The number of benzene rings is 1. The summed E-state index contributed by atoms with van der Waals surface area (Å²) in [6.07, 6.45) is 1.19. The molecule has 0 fully saturated rings. The summed E-state index contributed by atoms with van der Waals surface area (Å²) < 4.78 is 17.9. The van der Waals surface area contributed by atoms with Crippen LogP contribution in [0.4, 0.5) is 4.39 Å². The molecule has 1 aromatic carbocycles. The van der Waals surface area contributed by atoms with Gasteiger partial charge in [0.05, 0.1) is 13.2 Å². The topological polar surface area (TPSA) is 29.5 Å². The molecule has 1 atom stereocenters. The van der Waals surface area contributed by atoms with E-state index in [1.807, 2.05) is 0 Å². The second kappa shape index (κ2) is 4.77. The lowest BCUT2D eigenvalue weighted by Crippen LogP contribution is -2.00. The van der Waals surface area contributed by atoms with E-state index in [0.29, 0.717) is 17.7 Å². The third kappa shape index (κ3) is 2.33. The van der Waals surface area contributed by atoms with Gasteiger partial charge >= 0.3 is 0 Å². The molecule has 76 valence electrons. The van der Waals surface area contributed by atoms with E-state index in [-0.39, 0.29) is 5.82 Å². The van der Waals surface area contributed by atoms with Crippen LogP contribution in [0.3, 0.4) is 0 Å². The molecule has 0 aromatic heterocycles. The Hall–Kier alpha value is -1.35. The standard InChI is InChI=1S/C11H13FO2/c1-3-4-10(13)9-7-8(12)5-6-11(9)14-2/h3,5-7,10,13H,1,4H2,2H3/t10-/m1/s1. The van der Waals surface area contributed by atoms with E-state index < -0.39 is 6.10 Å². The number of rotatable bonds is 4. The summed E-state index contributed by atoms with van der Waals surface area (Å²) in [5.41, 5.74) is 0.451. The maximum absolute atomic E-state index is 12.9. The Labute approximate surface area is 82.6 Å². The average Bonchev–Trinajstić information content (AvgIpc) is 2.18. The Bertz CT molecular complexity index is 323. The second-order valence-electron chi connectivity index (χ2n) is 2.93. The molecule has 0 bridgehead atoms. The number of aliphatic hydroxyl groups is 1. The van der Waals surface area contributed by atoms with Gasteiger partial charge in [-0.3, -0.25) is 0 Å². The molecule has 2 nitrogen and oxygen atoms in total. The Morgan fingerprint density at radius 1 is 1.64 bits per heavy atom. The minimum Gasteiger partial charge on any atom is -0.496 e. The van der Waals surface area contributed by atoms with Crippen molar-refractivity contribution in [3.63, 3.8) is 0 Å². The summed E-state index contributed by atoms with van der Waals surface area (Å²) in [5, 5.41) is 9.64. The highest BCUT2D eigenvalue weighted by molar-refractivity contribution is 5.35. The largest absolute Gasteiger partial charge is 0.496 e. The van der Waals surface area contributed by atoms with Crippen molar-refractivity contribution >= 4 is 0 Å². The van der Waals surface area contributed by atoms with Gasteiger partial charge in [-0.15, -0.1) is 6.58 Å². The number of ether oxygens (including phenoxy) is 1. The maximum Gasteiger partial charge on any atom is 0.124 e. The van der Waals surface area contributed by atoms with Crippen LogP contribution in [0.5, 0.6) is 5.75 Å². The van der Waals surface area contributed by atoms with Gasteiger partial charge in [0.25, 0.3) is 0 Å². The minimum absolute atomic E-state index is 0.375. The molecule has 1 aromatic rings. The molecule has 0 unspecified atom stereocenters. The van der Waals surface area contributed by atoms with Gasteiger partial charge in [0, 0.05) is 5.56 Å². The Morgan fingerprint density at radius 2 is 2.36 bits per heavy atom. The SMILES string of the molecule is C=CC[C@@H](O)c1cc(F)ccc1OC. The second-order valence-corrected chi connectivity index (χ2v) is 2.93. The van der Waals surface area contributed by atoms with Crippen LogP contribution in [0.1, 0.15) is 18.1 Å². The highest BCUT2D eigenvalue weighted by Crippen LogP contribution is 2.27. The van der Waals surface area contributed by atoms with Gasteiger partial charge < -0.3 is 9.84 Å². The zero-order valence-corrected chi connectivity index (χ0v) is 8.03. The number of aliphatic hydroxyl groups excluding tert-OH is 1. The van der Waals surface area contributed by atoms with Gasteiger partial charge in [-0.1, -0.05) is 6.08 Å². The molecule has 3 heteroatoms. The van der Waals surface area contributed by atoms with Crippen LogP contribution in [-0.2, 0) is 0 Å². The van der Waals surface area contributed by atoms with Gasteiger partial charge in [0.2, 0.25) is 0 Å². The van der Waals surface area contributed by atoms with E-state index in [1.165, 1.54) is 25.3 Å². The van der Waals surface area contributed by atoms with Gasteiger partial charge in [-0.2, -0.15) is 0 Å².